The fourth-order valence-electron chi connectivity index (χ4n) is 3.39. The SMILES string of the molecule is C/C=C\C(=C(/CF)c1ccc(NCCC2CCCCC2)nc1)C(F)(F)F. The van der Waals surface area contributed by atoms with Gasteiger partial charge in [-0.05, 0) is 37.0 Å². The van der Waals surface area contributed by atoms with E-state index in [9.17, 15) is 17.6 Å². The van der Waals surface area contributed by atoms with Crippen LogP contribution in [0.15, 0.2) is 36.1 Å². The van der Waals surface area contributed by atoms with Crippen molar-refractivity contribution in [3.05, 3.63) is 41.6 Å². The van der Waals surface area contributed by atoms with Gasteiger partial charge in [-0.25, -0.2) is 9.37 Å². The quantitative estimate of drug-likeness (QED) is 0.448. The van der Waals surface area contributed by atoms with Gasteiger partial charge in [0.25, 0.3) is 0 Å². The number of halogens is 4. The molecule has 2 rings (SSSR count). The molecule has 6 heteroatoms. The van der Waals surface area contributed by atoms with Crippen LogP contribution in [0.1, 0.15) is 51.0 Å². The zero-order valence-electron chi connectivity index (χ0n) is 15.1. The lowest BCUT2D eigenvalue weighted by Crippen LogP contribution is -2.14. The molecule has 1 heterocycles. The van der Waals surface area contributed by atoms with Gasteiger partial charge in [0.2, 0.25) is 0 Å². The van der Waals surface area contributed by atoms with E-state index in [0.29, 0.717) is 5.82 Å². The number of pyridine rings is 1. The molecule has 1 aromatic heterocycles. The van der Waals surface area contributed by atoms with Crippen LogP contribution in [0.25, 0.3) is 5.57 Å². The highest BCUT2D eigenvalue weighted by Crippen LogP contribution is 2.34. The van der Waals surface area contributed by atoms with Crippen LogP contribution in [-0.4, -0.2) is 24.4 Å². The lowest BCUT2D eigenvalue weighted by atomic mass is 9.87. The number of nitrogens with one attached hydrogen (secondary N) is 1. The normalized spacial score (nSPS) is 17.4. The smallest absolute Gasteiger partial charge is 0.370 e. The first-order chi connectivity index (χ1) is 12.5. The monoisotopic (exact) mass is 370 g/mol. The van der Waals surface area contributed by atoms with E-state index >= 15 is 0 Å². The molecular formula is C20H26F4N2. The number of aromatic nitrogens is 1. The molecule has 1 N–H and O–H groups in total. The van der Waals surface area contributed by atoms with Crippen LogP contribution < -0.4 is 5.32 Å². The number of nitrogens with zero attached hydrogens (tertiary/aromatic N) is 1. The summed E-state index contributed by atoms with van der Waals surface area (Å²) in [7, 11) is 0. The number of rotatable bonds is 7. The molecule has 0 radical (unpaired) electrons. The Hall–Kier alpha value is -1.85. The molecule has 0 bridgehead atoms. The molecule has 0 saturated heterocycles. The highest BCUT2D eigenvalue weighted by Gasteiger charge is 2.34. The molecule has 1 saturated carbocycles. The number of hydrogen-bond donors (Lipinski definition) is 1. The summed E-state index contributed by atoms with van der Waals surface area (Å²) >= 11 is 0. The summed E-state index contributed by atoms with van der Waals surface area (Å²) in [6, 6.07) is 3.09. The topological polar surface area (TPSA) is 24.9 Å². The summed E-state index contributed by atoms with van der Waals surface area (Å²) in [6.07, 6.45) is 6.36. The molecule has 1 aliphatic carbocycles. The third-order valence-corrected chi connectivity index (χ3v) is 4.79. The Morgan fingerprint density at radius 3 is 2.50 bits per heavy atom. The molecule has 0 amide bonds. The molecule has 1 fully saturated rings. The average Bonchev–Trinajstić information content (AvgIpc) is 2.63. The van der Waals surface area contributed by atoms with Gasteiger partial charge in [-0.2, -0.15) is 13.2 Å². The van der Waals surface area contributed by atoms with Crippen molar-refractivity contribution >= 4 is 11.4 Å². The van der Waals surface area contributed by atoms with Gasteiger partial charge in [0.1, 0.15) is 12.5 Å². The predicted octanol–water partition coefficient (Wildman–Crippen LogP) is 6.33. The van der Waals surface area contributed by atoms with Gasteiger partial charge in [-0.1, -0.05) is 44.3 Å². The van der Waals surface area contributed by atoms with Gasteiger partial charge < -0.3 is 5.32 Å². The minimum absolute atomic E-state index is 0.149. The zero-order valence-corrected chi connectivity index (χ0v) is 15.1. The van der Waals surface area contributed by atoms with Crippen LogP contribution in [0.5, 0.6) is 0 Å². The van der Waals surface area contributed by atoms with Crippen molar-refractivity contribution in [2.24, 2.45) is 5.92 Å². The number of anilines is 1. The third kappa shape index (κ3) is 5.85. The zero-order chi connectivity index (χ0) is 19.0. The Bertz CT molecular complexity index is 612. The van der Waals surface area contributed by atoms with Crippen LogP contribution in [0.4, 0.5) is 23.4 Å². The average molecular weight is 370 g/mol. The van der Waals surface area contributed by atoms with Gasteiger partial charge in [0.15, 0.2) is 0 Å². The van der Waals surface area contributed by atoms with Crippen molar-refractivity contribution in [1.29, 1.82) is 0 Å². The van der Waals surface area contributed by atoms with Crippen molar-refractivity contribution in [3.8, 4) is 0 Å². The number of alkyl halides is 4. The van der Waals surface area contributed by atoms with Crippen LogP contribution in [-0.2, 0) is 0 Å². The minimum atomic E-state index is -4.61. The first kappa shape index (κ1) is 20.5. The van der Waals surface area contributed by atoms with Crippen LogP contribution >= 0.6 is 0 Å². The molecule has 0 spiro atoms. The fraction of sp³-hybridized carbons (Fsp3) is 0.550. The van der Waals surface area contributed by atoms with Crippen molar-refractivity contribution in [2.75, 3.05) is 18.5 Å². The lowest BCUT2D eigenvalue weighted by Gasteiger charge is -2.21. The molecule has 0 unspecified atom stereocenters. The predicted molar refractivity (Wildman–Crippen MR) is 97.7 cm³/mol. The van der Waals surface area contributed by atoms with Crippen molar-refractivity contribution in [3.63, 3.8) is 0 Å². The second kappa shape index (κ2) is 9.74. The van der Waals surface area contributed by atoms with Crippen molar-refractivity contribution < 1.29 is 17.6 Å². The Kier molecular flexibility index (Phi) is 7.66. The Morgan fingerprint density at radius 1 is 1.23 bits per heavy atom. The summed E-state index contributed by atoms with van der Waals surface area (Å²) < 4.78 is 52.8. The summed E-state index contributed by atoms with van der Waals surface area (Å²) in [5, 5.41) is 3.20. The van der Waals surface area contributed by atoms with E-state index in [0.717, 1.165) is 25.0 Å². The van der Waals surface area contributed by atoms with Crippen LogP contribution in [0, 0.1) is 5.92 Å². The first-order valence-corrected chi connectivity index (χ1v) is 9.15. The van der Waals surface area contributed by atoms with Gasteiger partial charge in [0, 0.05) is 18.3 Å². The number of allylic oxidation sites excluding steroid dienone is 4. The van der Waals surface area contributed by atoms with E-state index in [4.69, 9.17) is 0 Å². The van der Waals surface area contributed by atoms with Crippen LogP contribution in [0.3, 0.4) is 0 Å². The number of hydrogen-bond acceptors (Lipinski definition) is 2. The summed E-state index contributed by atoms with van der Waals surface area (Å²) in [5.41, 5.74) is -1.21. The molecule has 1 aromatic rings. The maximum Gasteiger partial charge on any atom is 0.416 e. The largest absolute Gasteiger partial charge is 0.416 e. The van der Waals surface area contributed by atoms with E-state index in [1.165, 1.54) is 57.4 Å². The van der Waals surface area contributed by atoms with E-state index in [1.807, 2.05) is 0 Å². The fourth-order valence-corrected chi connectivity index (χ4v) is 3.39. The molecule has 0 aromatic carbocycles. The second-order valence-corrected chi connectivity index (χ2v) is 6.68. The minimum Gasteiger partial charge on any atom is -0.370 e. The lowest BCUT2D eigenvalue weighted by molar-refractivity contribution is -0.0878. The molecule has 26 heavy (non-hydrogen) atoms. The van der Waals surface area contributed by atoms with E-state index in [-0.39, 0.29) is 5.56 Å². The molecule has 0 aliphatic heterocycles. The van der Waals surface area contributed by atoms with Gasteiger partial charge >= 0.3 is 6.18 Å². The van der Waals surface area contributed by atoms with Crippen LogP contribution in [0.2, 0.25) is 0 Å². The standard InChI is InChI=1S/C20H26F4N2/c1-2-6-18(20(22,23)24)17(13-21)16-9-10-19(26-14-16)25-12-11-15-7-4-3-5-8-15/h2,6,9-10,14-15H,3-5,7-8,11-13H2,1H3,(H,25,26)/b6-2-,18-17-. The van der Waals surface area contributed by atoms with E-state index < -0.39 is 24.0 Å². The van der Waals surface area contributed by atoms with Gasteiger partial charge in [-0.15, -0.1) is 0 Å². The Balaban J connectivity index is 2.04. The van der Waals surface area contributed by atoms with E-state index in [2.05, 4.69) is 10.3 Å². The third-order valence-electron chi connectivity index (χ3n) is 4.79. The summed E-state index contributed by atoms with van der Waals surface area (Å²) in [4.78, 5) is 4.15. The highest BCUT2D eigenvalue weighted by molar-refractivity contribution is 5.72. The van der Waals surface area contributed by atoms with Gasteiger partial charge in [0.05, 0.1) is 5.57 Å². The molecular weight excluding hydrogens is 344 g/mol. The maximum atomic E-state index is 13.3. The molecule has 144 valence electrons. The first-order valence-electron chi connectivity index (χ1n) is 9.15. The van der Waals surface area contributed by atoms with E-state index in [1.54, 1.807) is 6.07 Å². The Labute approximate surface area is 152 Å². The molecule has 2 nitrogen and oxygen atoms in total. The second-order valence-electron chi connectivity index (χ2n) is 6.68. The Morgan fingerprint density at radius 2 is 1.96 bits per heavy atom. The van der Waals surface area contributed by atoms with Crippen molar-refractivity contribution in [2.45, 2.75) is 51.6 Å². The summed E-state index contributed by atoms with van der Waals surface area (Å²) in [5.74, 6) is 1.34. The van der Waals surface area contributed by atoms with Crippen molar-refractivity contribution in [1.82, 2.24) is 4.98 Å². The highest BCUT2D eigenvalue weighted by atomic mass is 19.4. The molecule has 1 aliphatic rings. The maximum absolute atomic E-state index is 13.3. The molecule has 0 atom stereocenters. The summed E-state index contributed by atoms with van der Waals surface area (Å²) in [6.45, 7) is 1.06. The van der Waals surface area contributed by atoms with Gasteiger partial charge in [-0.3, -0.25) is 0 Å².